The summed E-state index contributed by atoms with van der Waals surface area (Å²) in [5.41, 5.74) is 2.01. The molecule has 1 aromatic carbocycles. The molecule has 0 aliphatic heterocycles. The van der Waals surface area contributed by atoms with Crippen molar-refractivity contribution in [1.82, 2.24) is 9.97 Å². The van der Waals surface area contributed by atoms with Crippen LogP contribution >= 0.6 is 0 Å². The summed E-state index contributed by atoms with van der Waals surface area (Å²) in [6.07, 6.45) is 4.98. The van der Waals surface area contributed by atoms with Gasteiger partial charge in [0.1, 0.15) is 5.69 Å². The van der Waals surface area contributed by atoms with E-state index >= 15 is 0 Å². The molecule has 0 saturated carbocycles. The predicted octanol–water partition coefficient (Wildman–Crippen LogP) is 3.17. The second kappa shape index (κ2) is 4.61. The second-order valence-corrected chi connectivity index (χ2v) is 4.46. The second-order valence-electron chi connectivity index (χ2n) is 4.46. The van der Waals surface area contributed by atoms with Crippen LogP contribution in [0.2, 0.25) is 0 Å². The molecule has 0 spiro atoms. The van der Waals surface area contributed by atoms with Gasteiger partial charge in [-0.05, 0) is 30.0 Å². The van der Waals surface area contributed by atoms with E-state index in [1.54, 1.807) is 18.6 Å². The normalized spacial score (nSPS) is 10.6. The molecule has 3 rings (SSSR count). The zero-order chi connectivity index (χ0) is 13.2. The Morgan fingerprint density at radius 3 is 2.79 bits per heavy atom. The molecule has 0 saturated heterocycles. The Labute approximate surface area is 111 Å². The van der Waals surface area contributed by atoms with E-state index in [4.69, 9.17) is 0 Å². The highest BCUT2D eigenvalue weighted by Gasteiger charge is 2.14. The predicted molar refractivity (Wildman–Crippen MR) is 74.1 cm³/mol. The third-order valence-corrected chi connectivity index (χ3v) is 3.03. The molecule has 0 unspecified atom stereocenters. The molecule has 92 valence electrons. The summed E-state index contributed by atoms with van der Waals surface area (Å²) in [7, 11) is 0. The Hall–Kier alpha value is -2.55. The molecule has 0 bridgehead atoms. The van der Waals surface area contributed by atoms with Gasteiger partial charge in [0.15, 0.2) is 0 Å². The summed E-state index contributed by atoms with van der Waals surface area (Å²) in [5.74, 6) is -0.0898. The number of fused-ring (bicyclic) bond motifs is 1. The molecule has 0 amide bonds. The molecule has 0 atom stereocenters. The Morgan fingerprint density at radius 1 is 1.11 bits per heavy atom. The molecule has 2 aromatic heterocycles. The van der Waals surface area contributed by atoms with Gasteiger partial charge in [0, 0.05) is 29.5 Å². The number of ketones is 1. The maximum absolute atomic E-state index is 12.5. The van der Waals surface area contributed by atoms with Crippen molar-refractivity contribution in [3.63, 3.8) is 0 Å². The zero-order valence-electron chi connectivity index (χ0n) is 10.5. The van der Waals surface area contributed by atoms with E-state index in [0.717, 1.165) is 16.3 Å². The first-order valence-corrected chi connectivity index (χ1v) is 6.06. The molecular formula is C16H12N2O. The van der Waals surface area contributed by atoms with Crippen molar-refractivity contribution in [3.05, 3.63) is 71.8 Å². The highest BCUT2D eigenvalue weighted by atomic mass is 16.1. The van der Waals surface area contributed by atoms with Crippen molar-refractivity contribution in [2.75, 3.05) is 0 Å². The van der Waals surface area contributed by atoms with E-state index in [2.05, 4.69) is 9.97 Å². The highest BCUT2D eigenvalue weighted by Crippen LogP contribution is 2.19. The van der Waals surface area contributed by atoms with Gasteiger partial charge < -0.3 is 0 Å². The van der Waals surface area contributed by atoms with Gasteiger partial charge in [-0.3, -0.25) is 14.8 Å². The summed E-state index contributed by atoms with van der Waals surface area (Å²) < 4.78 is 0. The minimum absolute atomic E-state index is 0.0898. The lowest BCUT2D eigenvalue weighted by molar-refractivity contribution is 0.103. The van der Waals surface area contributed by atoms with E-state index < -0.39 is 0 Å². The number of hydrogen-bond donors (Lipinski definition) is 0. The number of carbonyl (C=O) groups is 1. The summed E-state index contributed by atoms with van der Waals surface area (Å²) in [5, 5.41) is 1.89. The Morgan fingerprint density at radius 2 is 1.95 bits per heavy atom. The van der Waals surface area contributed by atoms with Gasteiger partial charge in [0.25, 0.3) is 0 Å². The van der Waals surface area contributed by atoms with Gasteiger partial charge in [-0.2, -0.15) is 0 Å². The minimum atomic E-state index is -0.0898. The molecule has 3 nitrogen and oxygen atoms in total. The van der Waals surface area contributed by atoms with E-state index in [0.29, 0.717) is 11.3 Å². The molecule has 0 aliphatic rings. The number of carbonyl (C=O) groups excluding carboxylic acids is 1. The number of nitrogens with zero attached hydrogens (tertiary/aromatic N) is 2. The van der Waals surface area contributed by atoms with Crippen LogP contribution in [0.4, 0.5) is 0 Å². The maximum atomic E-state index is 12.5. The molecule has 3 heteroatoms. The zero-order valence-corrected chi connectivity index (χ0v) is 10.5. The fourth-order valence-corrected chi connectivity index (χ4v) is 2.12. The first kappa shape index (κ1) is 11.5. The molecule has 0 fully saturated rings. The maximum Gasteiger partial charge on any atom is 0.213 e. The van der Waals surface area contributed by atoms with Gasteiger partial charge in [0.2, 0.25) is 5.78 Å². The van der Waals surface area contributed by atoms with Crippen molar-refractivity contribution < 1.29 is 4.79 Å². The van der Waals surface area contributed by atoms with Gasteiger partial charge in [-0.15, -0.1) is 0 Å². The van der Waals surface area contributed by atoms with Crippen molar-refractivity contribution in [2.45, 2.75) is 6.92 Å². The summed E-state index contributed by atoms with van der Waals surface area (Å²) in [6, 6.07) is 11.5. The lowest BCUT2D eigenvalue weighted by atomic mass is 10.0. The number of benzene rings is 1. The van der Waals surface area contributed by atoms with Gasteiger partial charge in [-0.1, -0.05) is 24.3 Å². The van der Waals surface area contributed by atoms with E-state index in [1.807, 2.05) is 43.3 Å². The number of hydrogen-bond acceptors (Lipinski definition) is 3. The van der Waals surface area contributed by atoms with Crippen molar-refractivity contribution in [1.29, 1.82) is 0 Å². The topological polar surface area (TPSA) is 42.9 Å². The van der Waals surface area contributed by atoms with Crippen LogP contribution in [0.15, 0.2) is 55.0 Å². The van der Waals surface area contributed by atoms with Crippen LogP contribution in [0.3, 0.4) is 0 Å². The summed E-state index contributed by atoms with van der Waals surface area (Å²) in [4.78, 5) is 20.8. The first-order valence-electron chi connectivity index (χ1n) is 6.06. The van der Waals surface area contributed by atoms with Gasteiger partial charge >= 0.3 is 0 Å². The van der Waals surface area contributed by atoms with Crippen molar-refractivity contribution in [2.24, 2.45) is 0 Å². The van der Waals surface area contributed by atoms with Crippen molar-refractivity contribution >= 4 is 16.6 Å². The van der Waals surface area contributed by atoms with Crippen LogP contribution in [0, 0.1) is 6.92 Å². The molecule has 2 heterocycles. The smallest absolute Gasteiger partial charge is 0.213 e. The number of pyridine rings is 2. The van der Waals surface area contributed by atoms with Crippen LogP contribution in [0.1, 0.15) is 21.6 Å². The minimum Gasteiger partial charge on any atom is -0.287 e. The monoisotopic (exact) mass is 248 g/mol. The van der Waals surface area contributed by atoms with Crippen LogP contribution in [-0.4, -0.2) is 15.8 Å². The SMILES string of the molecule is Cc1cncc(C(=O)c2nccc3ccccc23)c1. The van der Waals surface area contributed by atoms with Crippen LogP contribution in [-0.2, 0) is 0 Å². The Balaban J connectivity index is 2.17. The fraction of sp³-hybridized carbons (Fsp3) is 0.0625. The highest BCUT2D eigenvalue weighted by molar-refractivity contribution is 6.14. The lowest BCUT2D eigenvalue weighted by Crippen LogP contribution is -2.05. The summed E-state index contributed by atoms with van der Waals surface area (Å²) in [6.45, 7) is 1.92. The number of rotatable bonds is 2. The quantitative estimate of drug-likeness (QED) is 0.654. The molecule has 0 N–H and O–H groups in total. The fourth-order valence-electron chi connectivity index (χ4n) is 2.12. The lowest BCUT2D eigenvalue weighted by Gasteiger charge is -2.05. The molecular weight excluding hydrogens is 236 g/mol. The number of aryl methyl sites for hydroxylation is 1. The molecule has 0 radical (unpaired) electrons. The standard InChI is InChI=1S/C16H12N2O/c1-11-8-13(10-17-9-11)16(19)15-14-5-3-2-4-12(14)6-7-18-15/h2-10H,1H3. The van der Waals surface area contributed by atoms with Gasteiger partial charge in [-0.25, -0.2) is 0 Å². The largest absolute Gasteiger partial charge is 0.287 e. The first-order chi connectivity index (χ1) is 9.25. The van der Waals surface area contributed by atoms with Gasteiger partial charge in [0.05, 0.1) is 0 Å². The average molecular weight is 248 g/mol. The molecule has 19 heavy (non-hydrogen) atoms. The van der Waals surface area contributed by atoms with E-state index in [9.17, 15) is 4.79 Å². The Bertz CT molecular complexity index is 760. The van der Waals surface area contributed by atoms with Crippen LogP contribution in [0.25, 0.3) is 10.8 Å². The average Bonchev–Trinajstić information content (AvgIpc) is 2.46. The number of aromatic nitrogens is 2. The molecule has 3 aromatic rings. The molecule has 0 aliphatic carbocycles. The third-order valence-electron chi connectivity index (χ3n) is 3.03. The third kappa shape index (κ3) is 2.10. The van der Waals surface area contributed by atoms with Crippen LogP contribution < -0.4 is 0 Å². The van der Waals surface area contributed by atoms with Crippen LogP contribution in [0.5, 0.6) is 0 Å². The van der Waals surface area contributed by atoms with E-state index in [-0.39, 0.29) is 5.78 Å². The van der Waals surface area contributed by atoms with E-state index in [1.165, 1.54) is 0 Å². The summed E-state index contributed by atoms with van der Waals surface area (Å²) >= 11 is 0. The Kier molecular flexibility index (Phi) is 2.80. The van der Waals surface area contributed by atoms with Crippen molar-refractivity contribution in [3.8, 4) is 0 Å².